The molecule has 1 heterocycles. The Bertz CT molecular complexity index is 320. The molecule has 0 aromatic carbocycles. The van der Waals surface area contributed by atoms with Gasteiger partial charge >= 0.3 is 0 Å². The van der Waals surface area contributed by atoms with Crippen molar-refractivity contribution in [3.05, 3.63) is 20.9 Å². The van der Waals surface area contributed by atoms with Gasteiger partial charge in [0.2, 0.25) is 0 Å². The number of pyridine rings is 1. The van der Waals surface area contributed by atoms with Crippen LogP contribution in [-0.4, -0.2) is 10.1 Å². The van der Waals surface area contributed by atoms with Crippen LogP contribution in [0.3, 0.4) is 0 Å². The topological polar surface area (TPSA) is 59.1 Å². The second-order valence-corrected chi connectivity index (χ2v) is 3.43. The first-order chi connectivity index (χ1) is 6.06. The molecule has 1 aromatic heterocycles. The summed E-state index contributed by atoms with van der Waals surface area (Å²) >= 11 is 1.71. The average Bonchev–Trinajstić information content (AvgIpc) is 2.08. The Hall–Kier alpha value is -0.500. The molecule has 0 atom stereocenters. The van der Waals surface area contributed by atoms with Gasteiger partial charge in [-0.25, -0.2) is 13.8 Å². The first-order valence-electron chi connectivity index (χ1n) is 3.40. The van der Waals surface area contributed by atoms with E-state index in [0.717, 1.165) is 6.07 Å². The summed E-state index contributed by atoms with van der Waals surface area (Å²) in [5, 5.41) is 8.78. The summed E-state index contributed by atoms with van der Waals surface area (Å²) < 4.78 is 25.0. The van der Waals surface area contributed by atoms with Gasteiger partial charge in [0.05, 0.1) is 12.3 Å². The van der Waals surface area contributed by atoms with E-state index in [-0.39, 0.29) is 27.3 Å². The summed E-state index contributed by atoms with van der Waals surface area (Å²) in [7, 11) is 0. The number of nitrogens with zero attached hydrogens (tertiary/aromatic N) is 1. The second-order valence-electron chi connectivity index (χ2n) is 2.36. The minimum atomic E-state index is -2.59. The fourth-order valence-corrected chi connectivity index (χ4v) is 1.57. The van der Waals surface area contributed by atoms with Gasteiger partial charge in [0.1, 0.15) is 5.82 Å². The number of hydrogen-bond acceptors (Lipinski definition) is 3. The Morgan fingerprint density at radius 3 is 2.69 bits per heavy atom. The van der Waals surface area contributed by atoms with Crippen LogP contribution in [0.1, 0.15) is 17.7 Å². The Morgan fingerprint density at radius 1 is 1.62 bits per heavy atom. The number of aliphatic hydroxyl groups is 1. The molecule has 0 aliphatic rings. The first-order valence-corrected chi connectivity index (χ1v) is 4.48. The van der Waals surface area contributed by atoms with Crippen molar-refractivity contribution in [2.24, 2.45) is 0 Å². The number of aromatic nitrogens is 1. The Labute approximate surface area is 87.1 Å². The van der Waals surface area contributed by atoms with Crippen molar-refractivity contribution in [2.45, 2.75) is 13.0 Å². The predicted molar refractivity (Wildman–Crippen MR) is 52.2 cm³/mol. The standard InChI is InChI=1S/C7H7F2IN2O/c8-7(9)3-1-5(11)12-4(2-13)6(3)10/h1,7,13H,2H2,(H2,11,12). The number of alkyl halides is 2. The quantitative estimate of drug-likeness (QED) is 0.817. The van der Waals surface area contributed by atoms with Crippen LogP contribution in [0, 0.1) is 3.57 Å². The monoisotopic (exact) mass is 300 g/mol. The van der Waals surface area contributed by atoms with Crippen LogP contribution < -0.4 is 5.73 Å². The lowest BCUT2D eigenvalue weighted by Gasteiger charge is -2.07. The highest BCUT2D eigenvalue weighted by Gasteiger charge is 2.16. The summed E-state index contributed by atoms with van der Waals surface area (Å²) in [6.07, 6.45) is -2.59. The third kappa shape index (κ3) is 2.25. The molecule has 1 aromatic rings. The van der Waals surface area contributed by atoms with Crippen molar-refractivity contribution in [1.29, 1.82) is 0 Å². The number of hydrogen-bond donors (Lipinski definition) is 2. The fourth-order valence-electron chi connectivity index (χ4n) is 0.890. The maximum Gasteiger partial charge on any atom is 0.265 e. The molecule has 3 nitrogen and oxygen atoms in total. The number of rotatable bonds is 2. The van der Waals surface area contributed by atoms with Gasteiger partial charge in [-0.2, -0.15) is 0 Å². The molecule has 0 saturated heterocycles. The summed E-state index contributed by atoms with van der Waals surface area (Å²) in [4.78, 5) is 3.72. The number of nitrogens with two attached hydrogens (primary N) is 1. The van der Waals surface area contributed by atoms with Gasteiger partial charge in [-0.15, -0.1) is 0 Å². The van der Waals surface area contributed by atoms with Gasteiger partial charge in [-0.3, -0.25) is 0 Å². The van der Waals surface area contributed by atoms with Crippen LogP contribution in [0.2, 0.25) is 0 Å². The average molecular weight is 300 g/mol. The second kappa shape index (κ2) is 4.14. The number of halogens is 3. The van der Waals surface area contributed by atoms with Gasteiger partial charge in [0.15, 0.2) is 0 Å². The molecular formula is C7H7F2IN2O. The van der Waals surface area contributed by atoms with E-state index in [2.05, 4.69) is 4.98 Å². The number of nitrogen functional groups attached to an aromatic ring is 1. The summed E-state index contributed by atoms with van der Waals surface area (Å²) in [6, 6.07) is 1.12. The highest BCUT2D eigenvalue weighted by molar-refractivity contribution is 14.1. The third-order valence-corrected chi connectivity index (χ3v) is 2.70. The lowest BCUT2D eigenvalue weighted by Crippen LogP contribution is -2.03. The van der Waals surface area contributed by atoms with E-state index >= 15 is 0 Å². The van der Waals surface area contributed by atoms with Crippen molar-refractivity contribution < 1.29 is 13.9 Å². The molecule has 0 aliphatic carbocycles. The van der Waals surface area contributed by atoms with Gasteiger partial charge in [-0.1, -0.05) is 0 Å². The van der Waals surface area contributed by atoms with E-state index in [4.69, 9.17) is 10.8 Å². The molecule has 0 bridgehead atoms. The van der Waals surface area contributed by atoms with Gasteiger partial charge < -0.3 is 10.8 Å². The van der Waals surface area contributed by atoms with Crippen LogP contribution >= 0.6 is 22.6 Å². The van der Waals surface area contributed by atoms with Gasteiger partial charge in [-0.05, 0) is 28.7 Å². The molecule has 0 saturated carbocycles. The van der Waals surface area contributed by atoms with Crippen molar-refractivity contribution in [3.8, 4) is 0 Å². The maximum absolute atomic E-state index is 12.4. The predicted octanol–water partition coefficient (Wildman–Crippen LogP) is 1.70. The molecule has 0 fully saturated rings. The largest absolute Gasteiger partial charge is 0.390 e. The highest BCUT2D eigenvalue weighted by Crippen LogP contribution is 2.27. The molecule has 3 N–H and O–H groups in total. The van der Waals surface area contributed by atoms with Crippen LogP contribution in [-0.2, 0) is 6.61 Å². The number of aliphatic hydroxyl groups excluding tert-OH is 1. The zero-order valence-electron chi connectivity index (χ0n) is 6.47. The minimum Gasteiger partial charge on any atom is -0.390 e. The molecule has 0 aliphatic heterocycles. The van der Waals surface area contributed by atoms with Crippen LogP contribution in [0.25, 0.3) is 0 Å². The summed E-state index contributed by atoms with van der Waals surface area (Å²) in [5.41, 5.74) is 5.29. The van der Waals surface area contributed by atoms with Crippen molar-refractivity contribution >= 4 is 28.4 Å². The van der Waals surface area contributed by atoms with Gasteiger partial charge in [0.25, 0.3) is 6.43 Å². The van der Waals surface area contributed by atoms with E-state index in [1.807, 2.05) is 0 Å². The molecule has 13 heavy (non-hydrogen) atoms. The Balaban J connectivity index is 3.27. The van der Waals surface area contributed by atoms with E-state index < -0.39 is 6.43 Å². The van der Waals surface area contributed by atoms with Gasteiger partial charge in [0, 0.05) is 9.13 Å². The lowest BCUT2D eigenvalue weighted by molar-refractivity contribution is 0.150. The SMILES string of the molecule is Nc1cc(C(F)F)c(I)c(CO)n1. The fraction of sp³-hybridized carbons (Fsp3) is 0.286. The summed E-state index contributed by atoms with van der Waals surface area (Å²) in [6.45, 7) is -0.386. The van der Waals surface area contributed by atoms with E-state index in [1.54, 1.807) is 22.6 Å². The van der Waals surface area contributed by atoms with Crippen molar-refractivity contribution in [2.75, 3.05) is 5.73 Å². The van der Waals surface area contributed by atoms with Crippen LogP contribution in [0.15, 0.2) is 6.07 Å². The molecule has 0 unspecified atom stereocenters. The van der Waals surface area contributed by atoms with Crippen molar-refractivity contribution in [1.82, 2.24) is 4.98 Å². The molecular weight excluding hydrogens is 293 g/mol. The van der Waals surface area contributed by atoms with E-state index in [0.29, 0.717) is 0 Å². The smallest absolute Gasteiger partial charge is 0.265 e. The molecule has 0 spiro atoms. The molecule has 1 rings (SSSR count). The minimum absolute atomic E-state index is 0.000217. The van der Waals surface area contributed by atoms with E-state index in [1.165, 1.54) is 0 Å². The molecule has 6 heteroatoms. The highest BCUT2D eigenvalue weighted by atomic mass is 127. The Morgan fingerprint density at radius 2 is 2.23 bits per heavy atom. The molecule has 72 valence electrons. The first kappa shape index (κ1) is 10.6. The molecule has 0 amide bonds. The van der Waals surface area contributed by atoms with Crippen LogP contribution in [0.4, 0.5) is 14.6 Å². The Kier molecular flexibility index (Phi) is 3.37. The third-order valence-electron chi connectivity index (χ3n) is 1.46. The molecule has 0 radical (unpaired) electrons. The lowest BCUT2D eigenvalue weighted by atomic mass is 10.2. The van der Waals surface area contributed by atoms with Crippen molar-refractivity contribution in [3.63, 3.8) is 0 Å². The maximum atomic E-state index is 12.4. The normalized spacial score (nSPS) is 10.8. The van der Waals surface area contributed by atoms with Crippen LogP contribution in [0.5, 0.6) is 0 Å². The zero-order valence-corrected chi connectivity index (χ0v) is 8.62. The number of anilines is 1. The van der Waals surface area contributed by atoms with E-state index in [9.17, 15) is 8.78 Å². The zero-order chi connectivity index (χ0) is 10.0. The summed E-state index contributed by atoms with van der Waals surface area (Å²) in [5.74, 6) is -0.000217.